The lowest BCUT2D eigenvalue weighted by atomic mass is 10.0. The number of carbonyl (C=O) groups is 1. The van der Waals surface area contributed by atoms with Gasteiger partial charge >= 0.3 is 0 Å². The zero-order valence-electron chi connectivity index (χ0n) is 15.8. The largest absolute Gasteiger partial charge is 0.381 e. The van der Waals surface area contributed by atoms with Crippen molar-refractivity contribution >= 4 is 45.6 Å². The Morgan fingerprint density at radius 1 is 1.40 bits per heavy atom. The minimum Gasteiger partial charge on any atom is -0.381 e. The molecule has 2 unspecified atom stereocenters. The second-order valence-corrected chi connectivity index (χ2v) is 7.60. The van der Waals surface area contributed by atoms with Crippen molar-refractivity contribution in [2.75, 3.05) is 17.2 Å². The molecule has 0 spiro atoms. The lowest BCUT2D eigenvalue weighted by Crippen LogP contribution is -2.15. The standard InChI is InChI=1S/C20H17ClF2N6O/c1-2-24-19-17(23)16(21)15(11-6-25-28-18(11)19)9-3-4-14-26-13(8-29(14)7-9)27-20(30)10-5-12(10)22/h3-4,6-8,10,12,24H,2,5H2,1H3,(H,25,28)(H,27,30). The van der Waals surface area contributed by atoms with E-state index in [1.165, 1.54) is 0 Å². The SMILES string of the molecule is CCNc1c(F)c(Cl)c(-c2ccc3nc(NC(=O)C4CC4F)cn3c2)c2cn[nH]c12. The normalized spacial score (nSPS) is 18.1. The average molecular weight is 431 g/mol. The summed E-state index contributed by atoms with van der Waals surface area (Å²) in [6.07, 6.45) is 4.14. The third kappa shape index (κ3) is 2.97. The highest BCUT2D eigenvalue weighted by Crippen LogP contribution is 2.41. The van der Waals surface area contributed by atoms with Crippen LogP contribution in [0.2, 0.25) is 5.02 Å². The molecule has 1 saturated carbocycles. The van der Waals surface area contributed by atoms with Gasteiger partial charge in [0.1, 0.15) is 11.8 Å². The highest BCUT2D eigenvalue weighted by atomic mass is 35.5. The van der Waals surface area contributed by atoms with Crippen molar-refractivity contribution in [3.63, 3.8) is 0 Å². The monoisotopic (exact) mass is 430 g/mol. The van der Waals surface area contributed by atoms with Crippen LogP contribution in [0.5, 0.6) is 0 Å². The van der Waals surface area contributed by atoms with Gasteiger partial charge in [-0.3, -0.25) is 9.89 Å². The molecule has 1 fully saturated rings. The number of fused-ring (bicyclic) bond motifs is 2. The van der Waals surface area contributed by atoms with E-state index in [1.807, 2.05) is 6.92 Å². The predicted molar refractivity (Wildman–Crippen MR) is 111 cm³/mol. The zero-order chi connectivity index (χ0) is 21.0. The summed E-state index contributed by atoms with van der Waals surface area (Å²) in [6.45, 7) is 2.39. The van der Waals surface area contributed by atoms with E-state index >= 15 is 0 Å². The van der Waals surface area contributed by atoms with Crippen LogP contribution < -0.4 is 10.6 Å². The van der Waals surface area contributed by atoms with E-state index in [4.69, 9.17) is 11.6 Å². The molecule has 5 rings (SSSR count). The number of carbonyl (C=O) groups excluding carboxylic acids is 1. The number of H-pyrrole nitrogens is 1. The Morgan fingerprint density at radius 2 is 2.20 bits per heavy atom. The van der Waals surface area contributed by atoms with Crippen molar-refractivity contribution in [1.29, 1.82) is 0 Å². The van der Waals surface area contributed by atoms with Gasteiger partial charge in [0, 0.05) is 29.3 Å². The van der Waals surface area contributed by atoms with Crippen molar-refractivity contribution in [3.05, 3.63) is 41.6 Å². The molecule has 3 aromatic heterocycles. The van der Waals surface area contributed by atoms with Crippen LogP contribution in [0, 0.1) is 11.7 Å². The van der Waals surface area contributed by atoms with E-state index < -0.39 is 17.9 Å². The van der Waals surface area contributed by atoms with E-state index in [1.54, 1.807) is 35.1 Å². The van der Waals surface area contributed by atoms with Gasteiger partial charge in [0.25, 0.3) is 0 Å². The van der Waals surface area contributed by atoms with Gasteiger partial charge in [-0.15, -0.1) is 0 Å². The van der Waals surface area contributed by atoms with Gasteiger partial charge < -0.3 is 15.0 Å². The van der Waals surface area contributed by atoms with Gasteiger partial charge in [0.05, 0.1) is 34.5 Å². The Balaban J connectivity index is 1.57. The number of imidazole rings is 1. The van der Waals surface area contributed by atoms with Crippen LogP contribution in [-0.4, -0.2) is 38.2 Å². The van der Waals surface area contributed by atoms with Crippen molar-refractivity contribution in [3.8, 4) is 11.1 Å². The molecule has 0 bridgehead atoms. The Morgan fingerprint density at radius 3 is 2.93 bits per heavy atom. The number of nitrogens with one attached hydrogen (secondary N) is 3. The number of rotatable bonds is 5. The van der Waals surface area contributed by atoms with E-state index in [0.717, 1.165) is 0 Å². The molecule has 0 radical (unpaired) electrons. The minimum absolute atomic E-state index is 0.0180. The van der Waals surface area contributed by atoms with Crippen molar-refractivity contribution in [1.82, 2.24) is 19.6 Å². The molecule has 0 saturated heterocycles. The molecule has 30 heavy (non-hydrogen) atoms. The smallest absolute Gasteiger partial charge is 0.231 e. The maximum Gasteiger partial charge on any atom is 0.231 e. The number of alkyl halides is 1. The molecule has 2 atom stereocenters. The maximum atomic E-state index is 15.0. The van der Waals surface area contributed by atoms with Crippen LogP contribution in [0.1, 0.15) is 13.3 Å². The number of anilines is 2. The average Bonchev–Trinajstić information content (AvgIpc) is 3.11. The molecule has 1 amide bonds. The first-order chi connectivity index (χ1) is 14.5. The molecule has 1 aliphatic rings. The molecule has 4 aromatic rings. The number of aromatic amines is 1. The molecule has 154 valence electrons. The summed E-state index contributed by atoms with van der Waals surface area (Å²) in [5.74, 6) is -1.22. The van der Waals surface area contributed by atoms with Crippen LogP contribution in [0.15, 0.2) is 30.7 Å². The Bertz CT molecular complexity index is 1300. The number of hydrogen-bond acceptors (Lipinski definition) is 4. The van der Waals surface area contributed by atoms with E-state index in [0.29, 0.717) is 40.0 Å². The molecule has 1 aromatic carbocycles. The summed E-state index contributed by atoms with van der Waals surface area (Å²) in [7, 11) is 0. The molecule has 3 heterocycles. The van der Waals surface area contributed by atoms with E-state index in [9.17, 15) is 13.6 Å². The van der Waals surface area contributed by atoms with E-state index in [2.05, 4.69) is 25.8 Å². The molecule has 3 N–H and O–H groups in total. The van der Waals surface area contributed by atoms with Gasteiger partial charge in [-0.25, -0.2) is 13.8 Å². The van der Waals surface area contributed by atoms with Crippen LogP contribution in [-0.2, 0) is 4.79 Å². The highest BCUT2D eigenvalue weighted by molar-refractivity contribution is 6.36. The number of benzene rings is 1. The summed E-state index contributed by atoms with van der Waals surface area (Å²) in [6, 6.07) is 3.50. The Labute approximate surface area is 174 Å². The third-order valence-corrected chi connectivity index (χ3v) is 5.54. The summed E-state index contributed by atoms with van der Waals surface area (Å²) < 4.78 is 29.8. The summed E-state index contributed by atoms with van der Waals surface area (Å²) >= 11 is 6.41. The molecule has 1 aliphatic carbocycles. The molecule has 10 heteroatoms. The second kappa shape index (κ2) is 6.94. The van der Waals surface area contributed by atoms with Crippen molar-refractivity contribution < 1.29 is 13.6 Å². The van der Waals surface area contributed by atoms with Gasteiger partial charge in [-0.1, -0.05) is 11.6 Å². The summed E-state index contributed by atoms with van der Waals surface area (Å²) in [4.78, 5) is 16.3. The Kier molecular flexibility index (Phi) is 4.35. The fourth-order valence-electron chi connectivity index (χ4n) is 3.59. The zero-order valence-corrected chi connectivity index (χ0v) is 16.6. The minimum atomic E-state index is -1.08. The summed E-state index contributed by atoms with van der Waals surface area (Å²) in [5, 5.41) is 13.1. The van der Waals surface area contributed by atoms with Crippen LogP contribution in [0.4, 0.5) is 20.3 Å². The third-order valence-electron chi connectivity index (χ3n) is 5.18. The number of halogens is 3. The molecule has 0 aliphatic heterocycles. The van der Waals surface area contributed by atoms with Crippen molar-refractivity contribution in [2.45, 2.75) is 19.5 Å². The first kappa shape index (κ1) is 18.8. The number of pyridine rings is 1. The molecular formula is C20H17ClF2N6O. The van der Waals surface area contributed by atoms with Gasteiger partial charge in [0.15, 0.2) is 11.6 Å². The number of aromatic nitrogens is 4. The topological polar surface area (TPSA) is 87.1 Å². The van der Waals surface area contributed by atoms with E-state index in [-0.39, 0.29) is 23.0 Å². The lowest BCUT2D eigenvalue weighted by Gasteiger charge is -2.13. The summed E-state index contributed by atoms with van der Waals surface area (Å²) in [5.41, 5.74) is 2.53. The molecule has 7 nitrogen and oxygen atoms in total. The fourth-order valence-corrected chi connectivity index (χ4v) is 3.90. The lowest BCUT2D eigenvalue weighted by molar-refractivity contribution is -0.117. The maximum absolute atomic E-state index is 15.0. The van der Waals surface area contributed by atoms with Gasteiger partial charge in [0.2, 0.25) is 5.91 Å². The van der Waals surface area contributed by atoms with Crippen LogP contribution in [0.3, 0.4) is 0 Å². The number of hydrogen-bond donors (Lipinski definition) is 3. The van der Waals surface area contributed by atoms with Gasteiger partial charge in [-0.05, 0) is 25.5 Å². The first-order valence-electron chi connectivity index (χ1n) is 9.50. The number of amides is 1. The fraction of sp³-hybridized carbons (Fsp3) is 0.250. The highest BCUT2D eigenvalue weighted by Gasteiger charge is 2.43. The van der Waals surface area contributed by atoms with Crippen LogP contribution in [0.25, 0.3) is 27.7 Å². The first-order valence-corrected chi connectivity index (χ1v) is 9.87. The number of nitrogens with zero attached hydrogens (tertiary/aromatic N) is 3. The van der Waals surface area contributed by atoms with Crippen LogP contribution >= 0.6 is 11.6 Å². The second-order valence-electron chi connectivity index (χ2n) is 7.22. The molecular weight excluding hydrogens is 414 g/mol. The quantitative estimate of drug-likeness (QED) is 0.438. The predicted octanol–water partition coefficient (Wildman–Crippen LogP) is 4.40. The van der Waals surface area contributed by atoms with Crippen molar-refractivity contribution in [2.24, 2.45) is 5.92 Å². The van der Waals surface area contributed by atoms with Gasteiger partial charge in [-0.2, -0.15) is 5.10 Å². The Hall–Kier alpha value is -3.20.